The van der Waals surface area contributed by atoms with Gasteiger partial charge in [-0.1, -0.05) is 36.4 Å². The van der Waals surface area contributed by atoms with Gasteiger partial charge in [0.1, 0.15) is 0 Å². The van der Waals surface area contributed by atoms with Gasteiger partial charge < -0.3 is 10.1 Å². The number of pyridine rings is 1. The molecule has 0 radical (unpaired) electrons. The van der Waals surface area contributed by atoms with Gasteiger partial charge in [-0.2, -0.15) is 0 Å². The molecule has 3 rings (SSSR count). The number of nitrogens with zero attached hydrogens (tertiary/aromatic N) is 2. The molecule has 1 N–H and O–H groups in total. The number of rotatable bonds is 8. The summed E-state index contributed by atoms with van der Waals surface area (Å²) in [4.78, 5) is 17.8. The average molecular weight is 478 g/mol. The largest absolute Gasteiger partial charge is 0.481 e. The van der Waals surface area contributed by atoms with E-state index in [1.807, 2.05) is 36.4 Å². The lowest BCUT2D eigenvalue weighted by Crippen LogP contribution is -2.51. The predicted molar refractivity (Wildman–Crippen MR) is 128 cm³/mol. The number of amides is 1. The van der Waals surface area contributed by atoms with Gasteiger partial charge in [0.05, 0.1) is 7.11 Å². The third-order valence-corrected chi connectivity index (χ3v) is 6.89. The van der Waals surface area contributed by atoms with Crippen molar-refractivity contribution in [1.29, 1.82) is 0 Å². The van der Waals surface area contributed by atoms with Crippen LogP contribution in [0.2, 0.25) is 0 Å². The highest BCUT2D eigenvalue weighted by atomic mass is 32.2. The molecular weight excluding hydrogens is 449 g/mol. The lowest BCUT2D eigenvalue weighted by Gasteiger charge is -2.35. The fourth-order valence-corrected chi connectivity index (χ4v) is 4.84. The maximum atomic E-state index is 15.3. The van der Waals surface area contributed by atoms with Gasteiger partial charge in [-0.25, -0.2) is 13.7 Å². The molecule has 0 saturated carbocycles. The highest BCUT2D eigenvalue weighted by molar-refractivity contribution is 7.97. The zero-order valence-corrected chi connectivity index (χ0v) is 20.0. The Morgan fingerprint density at radius 2 is 2.03 bits per heavy atom. The molecule has 0 spiro atoms. The average Bonchev–Trinajstić information content (AvgIpc) is 2.80. The van der Waals surface area contributed by atoms with Crippen molar-refractivity contribution >= 4 is 28.7 Å². The normalized spacial score (nSPS) is 18.2. The minimum atomic E-state index is -1.91. The topological polar surface area (TPSA) is 71.5 Å². The van der Waals surface area contributed by atoms with Crippen molar-refractivity contribution in [3.63, 3.8) is 0 Å². The first-order valence-electron chi connectivity index (χ1n) is 10.3. The molecule has 2 aromatic rings. The number of piperidine rings is 1. The molecule has 1 aliphatic heterocycles. The molecule has 0 bridgehead atoms. The Morgan fingerprint density at radius 1 is 1.34 bits per heavy atom. The number of nitrogens with one attached hydrogen (secondary N) is 1. The van der Waals surface area contributed by atoms with Gasteiger partial charge in [-0.15, -0.1) is 0 Å². The van der Waals surface area contributed by atoms with E-state index in [4.69, 9.17) is 4.74 Å². The van der Waals surface area contributed by atoms with Crippen LogP contribution in [0.3, 0.4) is 0 Å². The number of hydrogen-bond donors (Lipinski definition) is 1. The van der Waals surface area contributed by atoms with Gasteiger partial charge in [-0.05, 0) is 24.4 Å². The Labute approximate surface area is 195 Å². The maximum absolute atomic E-state index is 15.3. The van der Waals surface area contributed by atoms with Gasteiger partial charge in [0, 0.05) is 77.2 Å². The summed E-state index contributed by atoms with van der Waals surface area (Å²) in [5, 5.41) is 4.16. The molecule has 1 aromatic carbocycles. The van der Waals surface area contributed by atoms with Crippen molar-refractivity contribution in [2.24, 2.45) is 0 Å². The number of hydrogen-bond acceptors (Lipinski definition) is 6. The molecule has 1 amide bonds. The minimum Gasteiger partial charge on any atom is -0.481 e. The summed E-state index contributed by atoms with van der Waals surface area (Å²) in [6.07, 6.45) is 5.13. The number of aromatic nitrogens is 1. The Bertz CT molecular complexity index is 980. The minimum absolute atomic E-state index is 0.103. The first kappa shape index (κ1) is 24.4. The van der Waals surface area contributed by atoms with E-state index in [0.717, 1.165) is 16.0 Å². The zero-order chi connectivity index (χ0) is 23.1. The molecule has 6 nitrogen and oxygen atoms in total. The van der Waals surface area contributed by atoms with Gasteiger partial charge >= 0.3 is 0 Å². The van der Waals surface area contributed by atoms with E-state index >= 15 is 4.39 Å². The van der Waals surface area contributed by atoms with Gasteiger partial charge in [0.15, 0.2) is 5.67 Å². The number of carbonyl (C=O) groups is 1. The fraction of sp³-hybridized carbons (Fsp3) is 0.391. The zero-order valence-electron chi connectivity index (χ0n) is 18.4. The first-order valence-corrected chi connectivity index (χ1v) is 12.7. The first-order chi connectivity index (χ1) is 15.3. The van der Waals surface area contributed by atoms with Gasteiger partial charge in [-0.3, -0.25) is 9.00 Å². The van der Waals surface area contributed by atoms with E-state index < -0.39 is 22.4 Å². The smallest absolute Gasteiger partial charge is 0.258 e. The second-order valence-corrected chi connectivity index (χ2v) is 10.1. The van der Waals surface area contributed by atoms with Gasteiger partial charge in [0.25, 0.3) is 5.91 Å². The molecule has 1 fully saturated rings. The van der Waals surface area contributed by atoms with Crippen molar-refractivity contribution in [2.75, 3.05) is 26.5 Å². The quantitative estimate of drug-likeness (QED) is 0.580. The molecule has 1 saturated heterocycles. The number of halogens is 1. The van der Waals surface area contributed by atoms with E-state index in [1.54, 1.807) is 26.3 Å². The number of methoxy groups -OCH3 is 1. The molecule has 9 heteroatoms. The fourth-order valence-electron chi connectivity index (χ4n) is 3.36. The van der Waals surface area contributed by atoms with Crippen LogP contribution in [0.4, 0.5) is 4.39 Å². The lowest BCUT2D eigenvalue weighted by atomic mass is 9.93. The predicted octanol–water partition coefficient (Wildman–Crippen LogP) is 3.97. The van der Waals surface area contributed by atoms with E-state index in [1.165, 1.54) is 23.6 Å². The van der Waals surface area contributed by atoms with Crippen LogP contribution >= 0.6 is 11.9 Å². The molecule has 2 unspecified atom stereocenters. The van der Waals surface area contributed by atoms with Crippen LogP contribution in [0.15, 0.2) is 59.0 Å². The monoisotopic (exact) mass is 477 g/mol. The number of carbonyl (C=O) groups excluding carboxylic acids is 1. The molecule has 32 heavy (non-hydrogen) atoms. The summed E-state index contributed by atoms with van der Waals surface area (Å²) in [5.41, 5.74) is 0.124. The van der Waals surface area contributed by atoms with E-state index in [-0.39, 0.29) is 18.9 Å². The van der Waals surface area contributed by atoms with Crippen LogP contribution in [0.5, 0.6) is 5.88 Å². The van der Waals surface area contributed by atoms with Crippen LogP contribution in [0.25, 0.3) is 11.1 Å². The van der Waals surface area contributed by atoms with Crippen LogP contribution in [-0.2, 0) is 15.6 Å². The van der Waals surface area contributed by atoms with Crippen molar-refractivity contribution in [1.82, 2.24) is 14.6 Å². The molecule has 2 atom stereocenters. The molecule has 0 aliphatic carbocycles. The Hall–Kier alpha value is -2.23. The van der Waals surface area contributed by atoms with Crippen molar-refractivity contribution in [2.45, 2.75) is 36.4 Å². The summed E-state index contributed by atoms with van der Waals surface area (Å²) in [7, 11) is 0.475. The number of ether oxygens (including phenoxy) is 1. The summed E-state index contributed by atoms with van der Waals surface area (Å²) in [6.45, 7) is 2.59. The van der Waals surface area contributed by atoms with Crippen LogP contribution < -0.4 is 10.1 Å². The van der Waals surface area contributed by atoms with Gasteiger partial charge in [0.2, 0.25) is 5.88 Å². The molecule has 2 heterocycles. The Morgan fingerprint density at radius 3 is 2.66 bits per heavy atom. The van der Waals surface area contributed by atoms with E-state index in [0.29, 0.717) is 19.0 Å². The summed E-state index contributed by atoms with van der Waals surface area (Å²) >= 11 is 1.51. The molecular formula is C23H28FN3O3S2. The highest BCUT2D eigenvalue weighted by Gasteiger charge is 2.42. The highest BCUT2D eigenvalue weighted by Crippen LogP contribution is 2.38. The molecule has 1 aromatic heterocycles. The lowest BCUT2D eigenvalue weighted by molar-refractivity contribution is -0.135. The molecule has 172 valence electrons. The Kier molecular flexibility index (Phi) is 8.44. The van der Waals surface area contributed by atoms with Crippen molar-refractivity contribution < 1.29 is 18.1 Å². The van der Waals surface area contributed by atoms with Crippen molar-refractivity contribution in [3.8, 4) is 17.0 Å². The third-order valence-electron chi connectivity index (χ3n) is 5.20. The summed E-state index contributed by atoms with van der Waals surface area (Å²) in [5.74, 6) is -0.0846. The third kappa shape index (κ3) is 6.40. The van der Waals surface area contributed by atoms with Crippen LogP contribution in [0.1, 0.15) is 19.8 Å². The summed E-state index contributed by atoms with van der Waals surface area (Å²) < 4.78 is 33.8. The van der Waals surface area contributed by atoms with Crippen LogP contribution in [0, 0.1) is 0 Å². The Balaban J connectivity index is 1.65. The van der Waals surface area contributed by atoms with E-state index in [9.17, 15) is 9.00 Å². The summed E-state index contributed by atoms with van der Waals surface area (Å²) in [6, 6.07) is 11.5. The maximum Gasteiger partial charge on any atom is 0.258 e. The number of alkyl halides is 1. The van der Waals surface area contributed by atoms with Crippen molar-refractivity contribution in [3.05, 3.63) is 54.1 Å². The van der Waals surface area contributed by atoms with E-state index in [2.05, 4.69) is 14.6 Å². The van der Waals surface area contributed by atoms with Crippen LogP contribution in [-0.4, -0.2) is 57.6 Å². The second kappa shape index (κ2) is 11.1. The number of benzene rings is 1. The molecule has 1 aliphatic rings. The second-order valence-electron chi connectivity index (χ2n) is 7.66. The standard InChI is InChI=1S/C23H28FN3O3S2/c1-17(9-14-32(3)29)26-22(28)23(24)10-12-27(13-11-23)31-20-16-25-21(30-2)15-19(20)18-7-5-4-6-8-18/h4-9,14-17H,10-13H2,1-3H3,(H,26,28)/b14-9-. The SMILES string of the molecule is COc1cc(-c2ccccc2)c(SN2CCC(F)(C(=O)NC(C)/C=C\S(C)=O)CC2)cn1.